The van der Waals surface area contributed by atoms with Crippen molar-refractivity contribution < 1.29 is 23.5 Å². The van der Waals surface area contributed by atoms with Gasteiger partial charge in [-0.3, -0.25) is 9.69 Å². The minimum atomic E-state index is -0.441. The summed E-state index contributed by atoms with van der Waals surface area (Å²) in [5, 5.41) is 0. The normalized spacial score (nSPS) is 28.0. The number of hydrogen-bond donors (Lipinski definition) is 0. The Bertz CT molecular complexity index is 844. The molecule has 30 heavy (non-hydrogen) atoms. The molecule has 162 valence electrons. The lowest BCUT2D eigenvalue weighted by molar-refractivity contribution is -0.139. The summed E-state index contributed by atoms with van der Waals surface area (Å²) in [4.78, 5) is 30.7. The predicted octanol–water partition coefficient (Wildman–Crippen LogP) is 2.78. The Hall–Kier alpha value is -2.35. The monoisotopic (exact) mass is 417 g/mol. The molecule has 4 saturated heterocycles. The highest BCUT2D eigenvalue weighted by Crippen LogP contribution is 2.43. The maximum absolute atomic E-state index is 15.0. The van der Waals surface area contributed by atoms with Crippen LogP contribution >= 0.6 is 0 Å². The van der Waals surface area contributed by atoms with Crippen LogP contribution in [0.2, 0.25) is 0 Å². The number of carbonyl (C=O) groups is 2. The molecular weight excluding hydrogens is 389 g/mol. The van der Waals surface area contributed by atoms with Gasteiger partial charge in [0.25, 0.3) is 0 Å². The smallest absolute Gasteiger partial charge is 0.414 e. The molecule has 4 fully saturated rings. The van der Waals surface area contributed by atoms with E-state index in [0.29, 0.717) is 31.1 Å². The molecule has 1 spiro atoms. The average Bonchev–Trinajstić information content (AvgIpc) is 3.32. The van der Waals surface area contributed by atoms with Crippen molar-refractivity contribution in [2.75, 3.05) is 55.8 Å². The molecule has 0 saturated carbocycles. The minimum absolute atomic E-state index is 0.232. The maximum atomic E-state index is 15.0. The second kappa shape index (κ2) is 7.72. The lowest BCUT2D eigenvalue weighted by atomic mass is 9.78. The van der Waals surface area contributed by atoms with Crippen molar-refractivity contribution in [3.8, 4) is 0 Å². The Kier molecular flexibility index (Phi) is 5.05. The summed E-state index contributed by atoms with van der Waals surface area (Å²) in [6.45, 7) is 4.26. The van der Waals surface area contributed by atoms with Crippen molar-refractivity contribution in [1.29, 1.82) is 0 Å². The molecule has 8 heteroatoms. The molecule has 0 aliphatic carbocycles. The van der Waals surface area contributed by atoms with Crippen LogP contribution in [0.5, 0.6) is 0 Å². The van der Waals surface area contributed by atoms with E-state index in [4.69, 9.17) is 9.47 Å². The summed E-state index contributed by atoms with van der Waals surface area (Å²) < 4.78 is 25.4. The molecule has 1 aromatic carbocycles. The summed E-state index contributed by atoms with van der Waals surface area (Å²) in [7, 11) is 0. The molecule has 0 radical (unpaired) electrons. The zero-order valence-electron chi connectivity index (χ0n) is 17.1. The first-order valence-electron chi connectivity index (χ1n) is 11.0. The van der Waals surface area contributed by atoms with Crippen molar-refractivity contribution in [3.05, 3.63) is 24.0 Å². The lowest BCUT2D eigenvalue weighted by Gasteiger charge is -2.41. The average molecular weight is 417 g/mol. The van der Waals surface area contributed by atoms with Gasteiger partial charge in [-0.25, -0.2) is 9.18 Å². The van der Waals surface area contributed by atoms with E-state index in [2.05, 4.69) is 4.90 Å². The molecule has 4 heterocycles. The first-order valence-corrected chi connectivity index (χ1v) is 11.0. The quantitative estimate of drug-likeness (QED) is 0.757. The van der Waals surface area contributed by atoms with Crippen LogP contribution in [-0.2, 0) is 14.3 Å². The third-order valence-corrected chi connectivity index (χ3v) is 7.10. The van der Waals surface area contributed by atoms with Gasteiger partial charge in [-0.05, 0) is 50.3 Å². The summed E-state index contributed by atoms with van der Waals surface area (Å²) in [6.07, 6.45) is 3.93. The first-order chi connectivity index (χ1) is 14.6. The van der Waals surface area contributed by atoms with Crippen LogP contribution in [-0.4, -0.2) is 68.9 Å². The van der Waals surface area contributed by atoms with E-state index in [-0.39, 0.29) is 17.8 Å². The van der Waals surface area contributed by atoms with Gasteiger partial charge in [0.1, 0.15) is 12.4 Å². The van der Waals surface area contributed by atoms with Gasteiger partial charge in [0.15, 0.2) is 0 Å². The molecule has 0 aromatic heterocycles. The Morgan fingerprint density at radius 1 is 1.03 bits per heavy atom. The predicted molar refractivity (Wildman–Crippen MR) is 109 cm³/mol. The standard InChI is InChI=1S/C22H28FN3O4/c23-18-14-17(26-10-13-30-21(26)28)2-3-19(18)24-8-1-6-22(15-24)7-9-25(20(22)27)16-4-11-29-12-5-16/h2-3,14,16H,1,4-13,15H2/t22-/m0/s1. The molecule has 2 amide bonds. The van der Waals surface area contributed by atoms with E-state index in [1.807, 2.05) is 4.90 Å². The van der Waals surface area contributed by atoms with Crippen LogP contribution in [0.3, 0.4) is 0 Å². The number of nitrogens with zero attached hydrogens (tertiary/aromatic N) is 3. The number of likely N-dealkylation sites (tertiary alicyclic amines) is 1. The summed E-state index contributed by atoms with van der Waals surface area (Å²) in [5.74, 6) is -0.132. The SMILES string of the molecule is O=C1OCCN1c1ccc(N2CCC[C@]3(CCN(C4CCOCC4)C3=O)C2)c(F)c1. The Labute approximate surface area is 175 Å². The number of hydrogen-bond acceptors (Lipinski definition) is 5. The van der Waals surface area contributed by atoms with E-state index >= 15 is 4.39 Å². The maximum Gasteiger partial charge on any atom is 0.414 e. The molecule has 1 aromatic rings. The number of amides is 2. The number of ether oxygens (including phenoxy) is 2. The number of rotatable bonds is 3. The molecule has 0 N–H and O–H groups in total. The molecule has 4 aliphatic heterocycles. The van der Waals surface area contributed by atoms with Gasteiger partial charge in [-0.1, -0.05) is 0 Å². The summed E-state index contributed by atoms with van der Waals surface area (Å²) >= 11 is 0. The molecule has 7 nitrogen and oxygen atoms in total. The third-order valence-electron chi connectivity index (χ3n) is 7.10. The van der Waals surface area contributed by atoms with Crippen LogP contribution in [0, 0.1) is 11.2 Å². The van der Waals surface area contributed by atoms with Crippen molar-refractivity contribution in [3.63, 3.8) is 0 Å². The molecule has 1 atom stereocenters. The Balaban J connectivity index is 1.33. The minimum Gasteiger partial charge on any atom is -0.447 e. The van der Waals surface area contributed by atoms with Crippen LogP contribution in [0.1, 0.15) is 32.1 Å². The van der Waals surface area contributed by atoms with Crippen molar-refractivity contribution in [2.24, 2.45) is 5.41 Å². The summed E-state index contributed by atoms with van der Waals surface area (Å²) in [6, 6.07) is 5.16. The number of halogens is 1. The topological polar surface area (TPSA) is 62.3 Å². The van der Waals surface area contributed by atoms with Gasteiger partial charge in [-0.2, -0.15) is 0 Å². The van der Waals surface area contributed by atoms with E-state index in [1.54, 1.807) is 12.1 Å². The fourth-order valence-electron chi connectivity index (χ4n) is 5.46. The van der Waals surface area contributed by atoms with Crippen molar-refractivity contribution in [2.45, 2.75) is 38.1 Å². The van der Waals surface area contributed by atoms with E-state index in [1.165, 1.54) is 11.0 Å². The summed E-state index contributed by atoms with van der Waals surface area (Å²) in [5.41, 5.74) is 0.594. The van der Waals surface area contributed by atoms with E-state index in [0.717, 1.165) is 58.4 Å². The van der Waals surface area contributed by atoms with Gasteiger partial charge in [0.2, 0.25) is 5.91 Å². The third kappa shape index (κ3) is 3.31. The first kappa shape index (κ1) is 19.6. The highest BCUT2D eigenvalue weighted by atomic mass is 19.1. The molecule has 4 aliphatic rings. The van der Waals surface area contributed by atoms with Gasteiger partial charge in [0.05, 0.1) is 23.3 Å². The van der Waals surface area contributed by atoms with Crippen LogP contribution in [0.25, 0.3) is 0 Å². The van der Waals surface area contributed by atoms with Crippen molar-refractivity contribution in [1.82, 2.24) is 4.90 Å². The van der Waals surface area contributed by atoms with Gasteiger partial charge in [-0.15, -0.1) is 0 Å². The largest absolute Gasteiger partial charge is 0.447 e. The molecule has 0 bridgehead atoms. The van der Waals surface area contributed by atoms with Gasteiger partial charge < -0.3 is 19.3 Å². The van der Waals surface area contributed by atoms with Gasteiger partial charge in [0, 0.05) is 38.9 Å². The second-order valence-corrected chi connectivity index (χ2v) is 8.80. The fourth-order valence-corrected chi connectivity index (χ4v) is 5.46. The Morgan fingerprint density at radius 2 is 1.87 bits per heavy atom. The number of piperidine rings is 1. The highest BCUT2D eigenvalue weighted by Gasteiger charge is 2.50. The molecular formula is C22H28FN3O4. The lowest BCUT2D eigenvalue weighted by Crippen LogP contribution is -2.50. The van der Waals surface area contributed by atoms with Crippen LogP contribution in [0.4, 0.5) is 20.6 Å². The zero-order valence-corrected chi connectivity index (χ0v) is 17.1. The van der Waals surface area contributed by atoms with Crippen LogP contribution in [0.15, 0.2) is 18.2 Å². The Morgan fingerprint density at radius 3 is 2.60 bits per heavy atom. The number of anilines is 2. The number of carbonyl (C=O) groups excluding carboxylic acids is 2. The van der Waals surface area contributed by atoms with Crippen LogP contribution < -0.4 is 9.80 Å². The highest BCUT2D eigenvalue weighted by molar-refractivity contribution is 5.89. The number of cyclic esters (lactones) is 1. The van der Waals surface area contributed by atoms with E-state index < -0.39 is 11.5 Å². The fraction of sp³-hybridized carbons (Fsp3) is 0.636. The second-order valence-electron chi connectivity index (χ2n) is 8.80. The zero-order chi connectivity index (χ0) is 20.7. The molecule has 5 rings (SSSR count). The van der Waals surface area contributed by atoms with Gasteiger partial charge >= 0.3 is 6.09 Å². The van der Waals surface area contributed by atoms with E-state index in [9.17, 15) is 9.59 Å². The van der Waals surface area contributed by atoms with Crippen molar-refractivity contribution >= 4 is 23.4 Å². The molecule has 0 unspecified atom stereocenters. The number of benzene rings is 1.